The highest BCUT2D eigenvalue weighted by molar-refractivity contribution is 5.86. The molecule has 0 saturated carbocycles. The van der Waals surface area contributed by atoms with E-state index >= 15 is 0 Å². The molecule has 0 aliphatic heterocycles. The van der Waals surface area contributed by atoms with Crippen LogP contribution >= 0.6 is 0 Å². The Morgan fingerprint density at radius 1 is 1.36 bits per heavy atom. The van der Waals surface area contributed by atoms with Crippen molar-refractivity contribution < 1.29 is 14.7 Å². The molecular formula is C10H17NO3. The summed E-state index contributed by atoms with van der Waals surface area (Å²) in [5, 5.41) is 8.94. The van der Waals surface area contributed by atoms with Crippen molar-refractivity contribution in [2.75, 3.05) is 14.1 Å². The average molecular weight is 199 g/mol. The van der Waals surface area contributed by atoms with Crippen LogP contribution in [-0.2, 0) is 9.59 Å². The fraction of sp³-hybridized carbons (Fsp3) is 0.600. The van der Waals surface area contributed by atoms with Crippen LogP contribution in [0.15, 0.2) is 11.8 Å². The molecule has 0 radical (unpaired) electrons. The molecular weight excluding hydrogens is 182 g/mol. The Kier molecular flexibility index (Phi) is 4.91. The summed E-state index contributed by atoms with van der Waals surface area (Å²) < 4.78 is 0. The fourth-order valence-corrected chi connectivity index (χ4v) is 1.29. The molecule has 80 valence electrons. The molecule has 1 unspecified atom stereocenters. The first-order chi connectivity index (χ1) is 6.40. The number of carbonyl (C=O) groups is 2. The van der Waals surface area contributed by atoms with E-state index in [9.17, 15) is 9.59 Å². The molecule has 0 rings (SSSR count). The molecule has 0 aliphatic rings. The number of hydrogen-bond donors (Lipinski definition) is 1. The van der Waals surface area contributed by atoms with E-state index in [1.807, 2.05) is 0 Å². The third-order valence-corrected chi connectivity index (χ3v) is 1.84. The van der Waals surface area contributed by atoms with Crippen molar-refractivity contribution >= 4 is 12.3 Å². The molecule has 0 amide bonds. The Morgan fingerprint density at radius 2 is 1.86 bits per heavy atom. The standard InChI is InChI=1S/C10H17NO3/c1-7(2)9(10(13)14)8(6-12)5-11(3)4/h5-7,9H,1-4H3,(H,13,14). The van der Waals surface area contributed by atoms with Crippen LogP contribution in [0.2, 0.25) is 0 Å². The largest absolute Gasteiger partial charge is 0.481 e. The van der Waals surface area contributed by atoms with Gasteiger partial charge >= 0.3 is 5.97 Å². The second-order valence-corrected chi connectivity index (χ2v) is 3.77. The first-order valence-electron chi connectivity index (χ1n) is 4.46. The number of carboxylic acid groups (broad SMARTS) is 1. The summed E-state index contributed by atoms with van der Waals surface area (Å²) in [7, 11) is 3.51. The van der Waals surface area contributed by atoms with Crippen LogP contribution in [0.4, 0.5) is 0 Å². The molecule has 0 saturated heterocycles. The Morgan fingerprint density at radius 3 is 2.07 bits per heavy atom. The number of aldehydes is 1. The zero-order valence-corrected chi connectivity index (χ0v) is 9.02. The normalized spacial score (nSPS) is 13.9. The minimum absolute atomic E-state index is 0.0936. The molecule has 0 fully saturated rings. The molecule has 1 atom stereocenters. The van der Waals surface area contributed by atoms with Gasteiger partial charge < -0.3 is 10.0 Å². The lowest BCUT2D eigenvalue weighted by Gasteiger charge is -2.17. The Balaban J connectivity index is 4.95. The van der Waals surface area contributed by atoms with E-state index in [2.05, 4.69) is 0 Å². The topological polar surface area (TPSA) is 57.6 Å². The first-order valence-corrected chi connectivity index (χ1v) is 4.46. The zero-order valence-electron chi connectivity index (χ0n) is 9.02. The van der Waals surface area contributed by atoms with E-state index in [1.165, 1.54) is 0 Å². The van der Waals surface area contributed by atoms with Crippen LogP contribution in [0.3, 0.4) is 0 Å². The van der Waals surface area contributed by atoms with Crippen molar-refractivity contribution in [1.82, 2.24) is 4.90 Å². The van der Waals surface area contributed by atoms with Crippen LogP contribution in [0, 0.1) is 11.8 Å². The summed E-state index contributed by atoms with van der Waals surface area (Å²) in [4.78, 5) is 23.3. The Labute approximate surface area is 84.2 Å². The van der Waals surface area contributed by atoms with Gasteiger partial charge in [0.1, 0.15) is 6.29 Å². The van der Waals surface area contributed by atoms with Crippen molar-refractivity contribution in [3.63, 3.8) is 0 Å². The highest BCUT2D eigenvalue weighted by atomic mass is 16.4. The molecule has 0 heterocycles. The number of aliphatic carboxylic acids is 1. The predicted octanol–water partition coefficient (Wildman–Crippen LogP) is 0.988. The van der Waals surface area contributed by atoms with Gasteiger partial charge in [0, 0.05) is 25.9 Å². The van der Waals surface area contributed by atoms with Gasteiger partial charge in [-0.1, -0.05) is 13.8 Å². The van der Waals surface area contributed by atoms with Gasteiger partial charge in [0.2, 0.25) is 0 Å². The van der Waals surface area contributed by atoms with Crippen molar-refractivity contribution in [2.45, 2.75) is 13.8 Å². The van der Waals surface area contributed by atoms with Gasteiger partial charge in [-0.2, -0.15) is 0 Å². The number of nitrogens with zero attached hydrogens (tertiary/aromatic N) is 1. The van der Waals surface area contributed by atoms with Crippen molar-refractivity contribution in [3.05, 3.63) is 11.8 Å². The van der Waals surface area contributed by atoms with E-state index in [0.29, 0.717) is 11.9 Å². The summed E-state index contributed by atoms with van der Waals surface area (Å²) in [5.41, 5.74) is 0.303. The number of carboxylic acids is 1. The van der Waals surface area contributed by atoms with E-state index in [1.54, 1.807) is 39.0 Å². The van der Waals surface area contributed by atoms with Crippen LogP contribution in [0.25, 0.3) is 0 Å². The molecule has 14 heavy (non-hydrogen) atoms. The van der Waals surface area contributed by atoms with Crippen LogP contribution in [0.5, 0.6) is 0 Å². The van der Waals surface area contributed by atoms with Crippen molar-refractivity contribution in [2.24, 2.45) is 11.8 Å². The van der Waals surface area contributed by atoms with Gasteiger partial charge in [-0.3, -0.25) is 9.59 Å². The van der Waals surface area contributed by atoms with E-state index in [0.717, 1.165) is 0 Å². The van der Waals surface area contributed by atoms with Gasteiger partial charge in [-0.25, -0.2) is 0 Å². The minimum Gasteiger partial charge on any atom is -0.481 e. The first kappa shape index (κ1) is 12.7. The lowest BCUT2D eigenvalue weighted by atomic mass is 9.89. The minimum atomic E-state index is -0.958. The quantitative estimate of drug-likeness (QED) is 0.530. The molecule has 4 nitrogen and oxygen atoms in total. The summed E-state index contributed by atoms with van der Waals surface area (Å²) in [6, 6.07) is 0. The monoisotopic (exact) mass is 199 g/mol. The van der Waals surface area contributed by atoms with Gasteiger partial charge in [0.05, 0.1) is 5.92 Å². The van der Waals surface area contributed by atoms with E-state index in [4.69, 9.17) is 5.11 Å². The maximum Gasteiger partial charge on any atom is 0.311 e. The predicted molar refractivity (Wildman–Crippen MR) is 53.8 cm³/mol. The second kappa shape index (κ2) is 5.42. The van der Waals surface area contributed by atoms with Crippen LogP contribution in [-0.4, -0.2) is 36.4 Å². The van der Waals surface area contributed by atoms with Gasteiger partial charge in [0.15, 0.2) is 0 Å². The number of hydrogen-bond acceptors (Lipinski definition) is 3. The van der Waals surface area contributed by atoms with E-state index < -0.39 is 11.9 Å². The molecule has 0 aromatic heterocycles. The molecule has 0 aromatic rings. The second-order valence-electron chi connectivity index (χ2n) is 3.77. The zero-order chi connectivity index (χ0) is 11.3. The van der Waals surface area contributed by atoms with Gasteiger partial charge in [-0.05, 0) is 5.92 Å². The third-order valence-electron chi connectivity index (χ3n) is 1.84. The molecule has 0 aromatic carbocycles. The van der Waals surface area contributed by atoms with E-state index in [-0.39, 0.29) is 5.92 Å². The number of carbonyl (C=O) groups excluding carboxylic acids is 1. The SMILES string of the molecule is CC(C)C(C(=O)O)C(C=O)=CN(C)C. The highest BCUT2D eigenvalue weighted by Gasteiger charge is 2.25. The Bertz CT molecular complexity index is 244. The molecule has 0 aliphatic carbocycles. The van der Waals surface area contributed by atoms with Gasteiger partial charge in [0.25, 0.3) is 0 Å². The smallest absolute Gasteiger partial charge is 0.311 e. The fourth-order valence-electron chi connectivity index (χ4n) is 1.29. The average Bonchev–Trinajstić information content (AvgIpc) is 2.00. The summed E-state index contributed by atoms with van der Waals surface area (Å²) in [6.45, 7) is 3.57. The molecule has 1 N–H and O–H groups in total. The lowest BCUT2D eigenvalue weighted by molar-refractivity contribution is -0.142. The van der Waals surface area contributed by atoms with Crippen LogP contribution in [0.1, 0.15) is 13.8 Å². The molecule has 0 spiro atoms. The van der Waals surface area contributed by atoms with Crippen molar-refractivity contribution in [1.29, 1.82) is 0 Å². The molecule has 4 heteroatoms. The summed E-state index contributed by atoms with van der Waals surface area (Å²) in [6.07, 6.45) is 2.16. The maximum absolute atomic E-state index is 10.9. The summed E-state index contributed by atoms with van der Waals surface area (Å²) in [5.74, 6) is -1.78. The molecule has 0 bridgehead atoms. The highest BCUT2D eigenvalue weighted by Crippen LogP contribution is 2.19. The van der Waals surface area contributed by atoms with Gasteiger partial charge in [-0.15, -0.1) is 0 Å². The van der Waals surface area contributed by atoms with Crippen LogP contribution < -0.4 is 0 Å². The Hall–Kier alpha value is -1.32. The maximum atomic E-state index is 10.9. The third kappa shape index (κ3) is 3.60. The van der Waals surface area contributed by atoms with Crippen molar-refractivity contribution in [3.8, 4) is 0 Å². The summed E-state index contributed by atoms with van der Waals surface area (Å²) >= 11 is 0. The number of rotatable bonds is 5. The lowest BCUT2D eigenvalue weighted by Crippen LogP contribution is -2.24.